The molecule has 0 aliphatic heterocycles. The molecule has 0 spiro atoms. The van der Waals surface area contributed by atoms with Gasteiger partial charge in [-0.25, -0.2) is 19.3 Å². The van der Waals surface area contributed by atoms with Crippen LogP contribution >= 0.6 is 0 Å². The van der Waals surface area contributed by atoms with Gasteiger partial charge < -0.3 is 25.8 Å². The van der Waals surface area contributed by atoms with Gasteiger partial charge in [-0.15, -0.1) is 0 Å². The van der Waals surface area contributed by atoms with Crippen molar-refractivity contribution in [3.8, 4) is 17.1 Å². The van der Waals surface area contributed by atoms with E-state index in [0.29, 0.717) is 6.42 Å². The molecule has 3 aromatic heterocycles. The normalized spacial score (nSPS) is 12.5. The predicted molar refractivity (Wildman–Crippen MR) is 148 cm³/mol. The Labute approximate surface area is 239 Å². The minimum Gasteiger partial charge on any atom is -0.480 e. The summed E-state index contributed by atoms with van der Waals surface area (Å²) < 4.78 is 53.0. The van der Waals surface area contributed by atoms with E-state index >= 15 is 0 Å². The maximum atomic E-state index is 13.8. The zero-order valence-corrected chi connectivity index (χ0v) is 23.3. The van der Waals surface area contributed by atoms with E-state index in [9.17, 15) is 22.8 Å². The maximum Gasteiger partial charge on any atom is 0.418 e. The van der Waals surface area contributed by atoms with Gasteiger partial charge in [0.05, 0.1) is 24.4 Å². The largest absolute Gasteiger partial charge is 0.480 e. The van der Waals surface area contributed by atoms with Gasteiger partial charge in [-0.05, 0) is 44.9 Å². The number of nitrogens with one attached hydrogen (secondary N) is 2. The number of amides is 2. The summed E-state index contributed by atoms with van der Waals surface area (Å²) >= 11 is 0. The third-order valence-corrected chi connectivity index (χ3v) is 6.03. The van der Waals surface area contributed by atoms with Crippen LogP contribution < -0.4 is 21.1 Å². The zero-order chi connectivity index (χ0) is 30.7. The average molecular weight is 586 g/mol. The van der Waals surface area contributed by atoms with E-state index in [-0.39, 0.29) is 35.1 Å². The fourth-order valence-corrected chi connectivity index (χ4v) is 4.27. The van der Waals surface area contributed by atoms with Crippen molar-refractivity contribution in [3.05, 3.63) is 71.7 Å². The molecule has 0 aliphatic rings. The number of halogens is 3. The van der Waals surface area contributed by atoms with Crippen LogP contribution in [0.25, 0.3) is 16.8 Å². The smallest absolute Gasteiger partial charge is 0.418 e. The number of ether oxygens (including phenoxy) is 2. The Morgan fingerprint density at radius 3 is 2.45 bits per heavy atom. The average Bonchev–Trinajstić information content (AvgIpc) is 3.32. The van der Waals surface area contributed by atoms with Crippen molar-refractivity contribution >= 4 is 23.3 Å². The second kappa shape index (κ2) is 11.9. The fraction of sp³-hybridized carbons (Fsp3) is 0.321. The molecule has 222 valence electrons. The summed E-state index contributed by atoms with van der Waals surface area (Å²) in [4.78, 5) is 33.7. The standard InChI is InChI=1S/C28H30F3N7O4/c1-27(2,3)42-26(40)37-18(10-16-8-6-5-7-9-16)14-33-24(39)19-11-17(13-34-25(19)41-4)21-12-20(28(29,30)31)22-23(32)35-15-36-38(21)22/h5-9,11-13,15,18H,10,14H2,1-4H3,(H,33,39)(H,37,40)(H2,32,35,36). The van der Waals surface area contributed by atoms with Crippen LogP contribution in [0, 0.1) is 0 Å². The molecule has 0 bridgehead atoms. The Bertz CT molecular complexity index is 1580. The molecular weight excluding hydrogens is 555 g/mol. The second-order valence-corrected chi connectivity index (χ2v) is 10.4. The maximum absolute atomic E-state index is 13.8. The monoisotopic (exact) mass is 585 g/mol. The topological polar surface area (TPSA) is 146 Å². The highest BCUT2D eigenvalue weighted by atomic mass is 19.4. The molecule has 0 saturated heterocycles. The Hall–Kier alpha value is -4.88. The number of aromatic nitrogens is 4. The number of benzene rings is 1. The van der Waals surface area contributed by atoms with Crippen LogP contribution in [0.4, 0.5) is 23.8 Å². The molecule has 11 nitrogen and oxygen atoms in total. The molecular formula is C28H30F3N7O4. The van der Waals surface area contributed by atoms with Crippen molar-refractivity contribution in [3.63, 3.8) is 0 Å². The molecule has 0 aliphatic carbocycles. The van der Waals surface area contributed by atoms with Crippen LogP contribution in [-0.2, 0) is 17.3 Å². The van der Waals surface area contributed by atoms with E-state index in [1.807, 2.05) is 30.3 Å². The summed E-state index contributed by atoms with van der Waals surface area (Å²) in [5.41, 5.74) is 4.58. The van der Waals surface area contributed by atoms with Gasteiger partial charge in [-0.2, -0.15) is 18.3 Å². The lowest BCUT2D eigenvalue weighted by Crippen LogP contribution is -2.46. The van der Waals surface area contributed by atoms with Gasteiger partial charge in [0.1, 0.15) is 23.0 Å². The van der Waals surface area contributed by atoms with Crippen LogP contribution in [0.3, 0.4) is 0 Å². The molecule has 4 rings (SSSR count). The molecule has 0 saturated carbocycles. The van der Waals surface area contributed by atoms with E-state index < -0.39 is 40.9 Å². The van der Waals surface area contributed by atoms with Crippen LogP contribution in [0.5, 0.6) is 5.88 Å². The number of methoxy groups -OCH3 is 1. The minimum atomic E-state index is -4.74. The zero-order valence-electron chi connectivity index (χ0n) is 23.3. The molecule has 4 N–H and O–H groups in total. The lowest BCUT2D eigenvalue weighted by atomic mass is 10.1. The molecule has 0 radical (unpaired) electrons. The first-order chi connectivity index (χ1) is 19.8. The first-order valence-corrected chi connectivity index (χ1v) is 12.8. The fourth-order valence-electron chi connectivity index (χ4n) is 4.27. The van der Waals surface area contributed by atoms with Gasteiger partial charge in [0, 0.05) is 18.3 Å². The number of hydrogen-bond donors (Lipinski definition) is 3. The first kappa shape index (κ1) is 30.1. The molecule has 42 heavy (non-hydrogen) atoms. The van der Waals surface area contributed by atoms with E-state index in [0.717, 1.165) is 22.5 Å². The molecule has 3 heterocycles. The van der Waals surface area contributed by atoms with Crippen LogP contribution in [-0.4, -0.2) is 56.9 Å². The van der Waals surface area contributed by atoms with Crippen molar-refractivity contribution in [2.24, 2.45) is 0 Å². The highest BCUT2D eigenvalue weighted by Crippen LogP contribution is 2.39. The molecule has 1 aromatic carbocycles. The number of nitrogens with zero attached hydrogens (tertiary/aromatic N) is 4. The van der Waals surface area contributed by atoms with Crippen molar-refractivity contribution in [1.29, 1.82) is 0 Å². The van der Waals surface area contributed by atoms with E-state index in [1.165, 1.54) is 19.4 Å². The Morgan fingerprint density at radius 2 is 1.81 bits per heavy atom. The lowest BCUT2D eigenvalue weighted by Gasteiger charge is -2.24. The summed E-state index contributed by atoms with van der Waals surface area (Å²) in [6.07, 6.45) is -2.72. The second-order valence-electron chi connectivity index (χ2n) is 10.4. The predicted octanol–water partition coefficient (Wildman–Crippen LogP) is 4.27. The SMILES string of the molecule is COc1ncc(-c2cc(C(F)(F)F)c3c(N)ncnn23)cc1C(=O)NCC(Cc1ccccc1)NC(=O)OC(C)(C)C. The Morgan fingerprint density at radius 1 is 1.10 bits per heavy atom. The van der Waals surface area contributed by atoms with E-state index in [4.69, 9.17) is 15.2 Å². The summed E-state index contributed by atoms with van der Waals surface area (Å²) in [5, 5.41) is 9.47. The third-order valence-electron chi connectivity index (χ3n) is 6.03. The van der Waals surface area contributed by atoms with E-state index in [2.05, 4.69) is 25.7 Å². The first-order valence-electron chi connectivity index (χ1n) is 12.8. The number of pyridine rings is 1. The quantitative estimate of drug-likeness (QED) is 0.278. The summed E-state index contributed by atoms with van der Waals surface area (Å²) in [5.74, 6) is -1.04. The highest BCUT2D eigenvalue weighted by Gasteiger charge is 2.36. The summed E-state index contributed by atoms with van der Waals surface area (Å²) in [7, 11) is 1.31. The van der Waals surface area contributed by atoms with Crippen LogP contribution in [0.2, 0.25) is 0 Å². The van der Waals surface area contributed by atoms with Crippen LogP contribution in [0.15, 0.2) is 55.0 Å². The number of hydrogen-bond acceptors (Lipinski definition) is 8. The molecule has 0 fully saturated rings. The van der Waals surface area contributed by atoms with Gasteiger partial charge in [-0.3, -0.25) is 4.79 Å². The molecule has 14 heteroatoms. The number of nitrogens with two attached hydrogens (primary N) is 1. The summed E-state index contributed by atoms with van der Waals surface area (Å²) in [6, 6.07) is 11.0. The molecule has 2 amide bonds. The van der Waals surface area contributed by atoms with Crippen LogP contribution in [0.1, 0.15) is 42.3 Å². The number of carbonyl (C=O) groups is 2. The number of fused-ring (bicyclic) bond motifs is 1. The molecule has 4 aromatic rings. The Balaban J connectivity index is 1.63. The summed E-state index contributed by atoms with van der Waals surface area (Å²) in [6.45, 7) is 5.20. The van der Waals surface area contributed by atoms with E-state index in [1.54, 1.807) is 20.8 Å². The number of rotatable bonds is 8. The third kappa shape index (κ3) is 7.06. The number of alkyl halides is 3. The van der Waals surface area contributed by atoms with Crippen molar-refractivity contribution in [2.45, 2.75) is 45.0 Å². The number of nitrogen functional groups attached to an aromatic ring is 1. The lowest BCUT2D eigenvalue weighted by molar-refractivity contribution is -0.136. The van der Waals surface area contributed by atoms with Crippen molar-refractivity contribution in [2.75, 3.05) is 19.4 Å². The van der Waals surface area contributed by atoms with Gasteiger partial charge in [0.2, 0.25) is 5.88 Å². The molecule has 1 atom stereocenters. The number of alkyl carbamates (subject to hydrolysis) is 1. The van der Waals surface area contributed by atoms with Crippen molar-refractivity contribution < 1.29 is 32.2 Å². The minimum absolute atomic E-state index is 0.00358. The van der Waals surface area contributed by atoms with Gasteiger partial charge in [-0.1, -0.05) is 30.3 Å². The van der Waals surface area contributed by atoms with Gasteiger partial charge in [0.15, 0.2) is 5.82 Å². The highest BCUT2D eigenvalue weighted by molar-refractivity contribution is 5.97. The van der Waals surface area contributed by atoms with Gasteiger partial charge >= 0.3 is 12.3 Å². The van der Waals surface area contributed by atoms with Crippen molar-refractivity contribution in [1.82, 2.24) is 30.2 Å². The number of anilines is 1. The van der Waals surface area contributed by atoms with Gasteiger partial charge in [0.25, 0.3) is 5.91 Å². The molecule has 1 unspecified atom stereocenters. The Kier molecular flexibility index (Phi) is 8.54. The number of carbonyl (C=O) groups excluding carboxylic acids is 2.